The smallest absolute Gasteiger partial charge is 0.319 e. The Kier molecular flexibility index (Phi) is 6.71. The van der Waals surface area contributed by atoms with Gasteiger partial charge in [0.15, 0.2) is 0 Å². The van der Waals surface area contributed by atoms with Crippen molar-refractivity contribution < 1.29 is 9.59 Å². The van der Waals surface area contributed by atoms with E-state index in [0.29, 0.717) is 24.2 Å². The molecule has 8 nitrogen and oxygen atoms in total. The lowest BCUT2D eigenvalue weighted by atomic mass is 10.1. The fourth-order valence-corrected chi connectivity index (χ4v) is 4.16. The second-order valence-corrected chi connectivity index (χ2v) is 8.36. The summed E-state index contributed by atoms with van der Waals surface area (Å²) < 4.78 is 1.74. The molecule has 162 valence electrons. The molecular weight excluding hydrogens is 412 g/mol. The van der Waals surface area contributed by atoms with Crippen molar-refractivity contribution in [1.82, 2.24) is 25.2 Å². The molecular formula is C22H26N6O2S. The Labute approximate surface area is 185 Å². The first kappa shape index (κ1) is 21.2. The van der Waals surface area contributed by atoms with Gasteiger partial charge in [0.1, 0.15) is 5.52 Å². The number of rotatable bonds is 6. The summed E-state index contributed by atoms with van der Waals surface area (Å²) in [6, 6.07) is 12.9. The van der Waals surface area contributed by atoms with Crippen molar-refractivity contribution in [2.24, 2.45) is 0 Å². The average molecular weight is 439 g/mol. The van der Waals surface area contributed by atoms with Crippen molar-refractivity contribution in [2.45, 2.75) is 30.7 Å². The fraction of sp³-hybridized carbons (Fsp3) is 0.364. The van der Waals surface area contributed by atoms with E-state index in [0.717, 1.165) is 42.0 Å². The van der Waals surface area contributed by atoms with E-state index in [1.165, 1.54) is 6.42 Å². The van der Waals surface area contributed by atoms with Gasteiger partial charge in [-0.05, 0) is 61.9 Å². The Balaban J connectivity index is 1.33. The van der Waals surface area contributed by atoms with E-state index in [-0.39, 0.29) is 11.9 Å². The third-order valence-corrected chi connectivity index (χ3v) is 6.07. The van der Waals surface area contributed by atoms with Crippen LogP contribution in [0.1, 0.15) is 29.6 Å². The number of thioether (sulfide) groups is 1. The monoisotopic (exact) mass is 438 g/mol. The number of fused-ring (bicyclic) bond motifs is 1. The molecule has 0 bridgehead atoms. The molecule has 0 saturated carbocycles. The summed E-state index contributed by atoms with van der Waals surface area (Å²) in [5, 5.41) is 14.1. The highest BCUT2D eigenvalue weighted by molar-refractivity contribution is 7.98. The first-order chi connectivity index (χ1) is 15.1. The predicted molar refractivity (Wildman–Crippen MR) is 123 cm³/mol. The molecule has 4 rings (SSSR count). The minimum Gasteiger partial charge on any atom is -0.339 e. The van der Waals surface area contributed by atoms with Crippen molar-refractivity contribution in [3.05, 3.63) is 48.0 Å². The number of hydrogen-bond donors (Lipinski definition) is 2. The molecule has 1 aliphatic rings. The van der Waals surface area contributed by atoms with Crippen molar-refractivity contribution in [1.29, 1.82) is 0 Å². The highest BCUT2D eigenvalue weighted by Crippen LogP contribution is 2.19. The highest BCUT2D eigenvalue weighted by Gasteiger charge is 2.19. The Morgan fingerprint density at radius 3 is 2.74 bits per heavy atom. The molecule has 0 unspecified atom stereocenters. The number of nitrogens with zero attached hydrogens (tertiary/aromatic N) is 4. The fourth-order valence-electron chi connectivity index (χ4n) is 3.70. The van der Waals surface area contributed by atoms with Gasteiger partial charge < -0.3 is 15.5 Å². The van der Waals surface area contributed by atoms with Crippen molar-refractivity contribution in [2.75, 3.05) is 31.2 Å². The van der Waals surface area contributed by atoms with E-state index in [1.807, 2.05) is 47.6 Å². The number of anilines is 1. The number of urea groups is 1. The molecule has 0 spiro atoms. The topological polar surface area (TPSA) is 92.1 Å². The largest absolute Gasteiger partial charge is 0.339 e. The molecule has 3 amide bonds. The lowest BCUT2D eigenvalue weighted by Gasteiger charge is -2.26. The normalized spacial score (nSPS) is 13.9. The van der Waals surface area contributed by atoms with Crippen molar-refractivity contribution in [3.8, 4) is 0 Å². The molecule has 0 aliphatic carbocycles. The van der Waals surface area contributed by atoms with E-state index in [4.69, 9.17) is 0 Å². The number of carbonyl (C=O) groups excluding carboxylic acids is 2. The summed E-state index contributed by atoms with van der Waals surface area (Å²) in [6.45, 7) is 2.52. The summed E-state index contributed by atoms with van der Waals surface area (Å²) in [5.41, 5.74) is 2.92. The lowest BCUT2D eigenvalue weighted by molar-refractivity contribution is 0.0724. The zero-order valence-corrected chi connectivity index (χ0v) is 18.3. The van der Waals surface area contributed by atoms with Crippen LogP contribution in [0, 0.1) is 0 Å². The highest BCUT2D eigenvalue weighted by atomic mass is 32.2. The molecule has 1 fully saturated rings. The Bertz CT molecular complexity index is 1080. The molecule has 0 radical (unpaired) electrons. The zero-order valence-electron chi connectivity index (χ0n) is 17.5. The van der Waals surface area contributed by atoms with Crippen LogP contribution in [0.2, 0.25) is 0 Å². The summed E-state index contributed by atoms with van der Waals surface area (Å²) in [4.78, 5) is 27.9. The predicted octanol–water partition coefficient (Wildman–Crippen LogP) is 3.60. The van der Waals surface area contributed by atoms with Gasteiger partial charge in [0, 0.05) is 35.8 Å². The molecule has 3 aromatic rings. The number of amides is 3. The van der Waals surface area contributed by atoms with Crippen LogP contribution in [0.4, 0.5) is 10.5 Å². The number of likely N-dealkylation sites (tertiary alicyclic amines) is 1. The van der Waals surface area contributed by atoms with Gasteiger partial charge in [-0.2, -0.15) is 0 Å². The molecule has 9 heteroatoms. The third kappa shape index (κ3) is 5.16. The molecule has 2 aromatic carbocycles. The van der Waals surface area contributed by atoms with Crippen LogP contribution >= 0.6 is 11.8 Å². The quantitative estimate of drug-likeness (QED) is 0.574. The summed E-state index contributed by atoms with van der Waals surface area (Å²) >= 11 is 1.62. The maximum absolute atomic E-state index is 12.7. The van der Waals surface area contributed by atoms with E-state index in [2.05, 4.69) is 20.9 Å². The van der Waals surface area contributed by atoms with Gasteiger partial charge >= 0.3 is 6.03 Å². The van der Waals surface area contributed by atoms with Gasteiger partial charge in [-0.15, -0.1) is 16.9 Å². The van der Waals surface area contributed by atoms with Gasteiger partial charge in [0.25, 0.3) is 5.91 Å². The summed E-state index contributed by atoms with van der Waals surface area (Å²) in [6.07, 6.45) is 5.31. The standard InChI is InChI=1S/C22H26N6O2S/c1-31-18-7-5-6-17(15-18)24-22(30)23-10-13-28-20-9-8-16(14-19(20)25-26-28)21(29)27-11-3-2-4-12-27/h5-9,14-15H,2-4,10-13H2,1H3,(H2,23,24,30). The van der Waals surface area contributed by atoms with Crippen molar-refractivity contribution >= 4 is 40.4 Å². The number of carbonyl (C=O) groups is 2. The maximum atomic E-state index is 12.7. The molecule has 2 N–H and O–H groups in total. The Morgan fingerprint density at radius 1 is 1.10 bits per heavy atom. The average Bonchev–Trinajstić information content (AvgIpc) is 3.21. The maximum Gasteiger partial charge on any atom is 0.319 e. The summed E-state index contributed by atoms with van der Waals surface area (Å²) in [5.74, 6) is 0.0556. The molecule has 1 aliphatic heterocycles. The lowest BCUT2D eigenvalue weighted by Crippen LogP contribution is -2.35. The van der Waals surface area contributed by atoms with E-state index >= 15 is 0 Å². The van der Waals surface area contributed by atoms with Crippen LogP contribution < -0.4 is 10.6 Å². The second kappa shape index (κ2) is 9.82. The van der Waals surface area contributed by atoms with Gasteiger partial charge in [-0.3, -0.25) is 4.79 Å². The van der Waals surface area contributed by atoms with E-state index < -0.39 is 0 Å². The first-order valence-electron chi connectivity index (χ1n) is 10.5. The SMILES string of the molecule is CSc1cccc(NC(=O)NCCn2nnc3cc(C(=O)N4CCCCC4)ccc32)c1. The number of aromatic nitrogens is 3. The van der Waals surface area contributed by atoms with Gasteiger partial charge in [-0.1, -0.05) is 11.3 Å². The molecule has 31 heavy (non-hydrogen) atoms. The Hall–Kier alpha value is -3.07. The molecule has 0 atom stereocenters. The van der Waals surface area contributed by atoms with Crippen LogP contribution in [-0.2, 0) is 6.54 Å². The second-order valence-electron chi connectivity index (χ2n) is 7.48. The van der Waals surface area contributed by atoms with Gasteiger partial charge in [0.05, 0.1) is 12.1 Å². The van der Waals surface area contributed by atoms with E-state index in [9.17, 15) is 9.59 Å². The minimum atomic E-state index is -0.267. The first-order valence-corrected chi connectivity index (χ1v) is 11.7. The van der Waals surface area contributed by atoms with E-state index in [1.54, 1.807) is 22.5 Å². The number of nitrogens with one attached hydrogen (secondary N) is 2. The van der Waals surface area contributed by atoms with Crippen LogP contribution in [0.25, 0.3) is 11.0 Å². The number of hydrogen-bond acceptors (Lipinski definition) is 5. The minimum absolute atomic E-state index is 0.0556. The molecule has 2 heterocycles. The van der Waals surface area contributed by atoms with Crippen molar-refractivity contribution in [3.63, 3.8) is 0 Å². The van der Waals surface area contributed by atoms with Gasteiger partial charge in [-0.25, -0.2) is 9.48 Å². The van der Waals surface area contributed by atoms with Crippen LogP contribution in [0.3, 0.4) is 0 Å². The van der Waals surface area contributed by atoms with Crippen LogP contribution in [-0.4, -0.2) is 57.7 Å². The number of piperidine rings is 1. The molecule has 1 aromatic heterocycles. The number of benzene rings is 2. The molecule has 1 saturated heterocycles. The zero-order chi connectivity index (χ0) is 21.6. The Morgan fingerprint density at radius 2 is 1.94 bits per heavy atom. The van der Waals surface area contributed by atoms with Gasteiger partial charge in [0.2, 0.25) is 0 Å². The van der Waals surface area contributed by atoms with Crippen LogP contribution in [0.15, 0.2) is 47.4 Å². The summed E-state index contributed by atoms with van der Waals surface area (Å²) in [7, 11) is 0. The van der Waals surface area contributed by atoms with Crippen LogP contribution in [0.5, 0.6) is 0 Å². The third-order valence-electron chi connectivity index (χ3n) is 5.34.